The van der Waals surface area contributed by atoms with E-state index in [9.17, 15) is 0 Å². The first-order valence-electron chi connectivity index (χ1n) is 4.65. The van der Waals surface area contributed by atoms with Crippen LogP contribution in [0, 0.1) is 6.10 Å². The first-order valence-corrected chi connectivity index (χ1v) is 5.80. The highest BCUT2D eigenvalue weighted by Crippen LogP contribution is 2.30. The summed E-state index contributed by atoms with van der Waals surface area (Å²) in [5.41, 5.74) is 0. The maximum atomic E-state index is 5.62. The zero-order chi connectivity index (χ0) is 8.23. The fraction of sp³-hybridized carbons (Fsp3) is 0.889. The Morgan fingerprint density at radius 2 is 2.33 bits per heavy atom. The van der Waals surface area contributed by atoms with E-state index in [-0.39, 0.29) is 0 Å². The Morgan fingerprint density at radius 1 is 1.33 bits per heavy atom. The molecule has 0 saturated carbocycles. The van der Waals surface area contributed by atoms with E-state index in [0.29, 0.717) is 6.10 Å². The van der Waals surface area contributed by atoms with Crippen molar-refractivity contribution < 1.29 is 9.47 Å². The summed E-state index contributed by atoms with van der Waals surface area (Å²) in [7, 11) is 0. The van der Waals surface area contributed by atoms with Gasteiger partial charge in [-0.05, 0) is 31.4 Å². The highest BCUT2D eigenvalue weighted by molar-refractivity contribution is 7.99. The third-order valence-corrected chi connectivity index (χ3v) is 3.17. The van der Waals surface area contributed by atoms with E-state index in [0.717, 1.165) is 25.4 Å². The van der Waals surface area contributed by atoms with Crippen LogP contribution in [0.5, 0.6) is 0 Å². The van der Waals surface area contributed by atoms with Crippen molar-refractivity contribution in [1.82, 2.24) is 0 Å². The molecular formula is C9H15O2S. The van der Waals surface area contributed by atoms with Gasteiger partial charge >= 0.3 is 0 Å². The number of rotatable bonds is 1. The number of hydrogen-bond donors (Lipinski definition) is 0. The van der Waals surface area contributed by atoms with Gasteiger partial charge in [-0.15, -0.1) is 11.8 Å². The summed E-state index contributed by atoms with van der Waals surface area (Å²) in [6, 6.07) is 0. The van der Waals surface area contributed by atoms with Crippen molar-refractivity contribution in [2.45, 2.75) is 31.8 Å². The van der Waals surface area contributed by atoms with E-state index >= 15 is 0 Å². The predicted molar refractivity (Wildman–Crippen MR) is 49.9 cm³/mol. The van der Waals surface area contributed by atoms with Gasteiger partial charge < -0.3 is 9.47 Å². The molecule has 2 rings (SSSR count). The van der Waals surface area contributed by atoms with E-state index in [4.69, 9.17) is 9.47 Å². The van der Waals surface area contributed by atoms with Crippen molar-refractivity contribution in [3.05, 3.63) is 6.10 Å². The van der Waals surface area contributed by atoms with Gasteiger partial charge in [-0.3, -0.25) is 0 Å². The first-order chi connectivity index (χ1) is 5.97. The molecule has 2 fully saturated rings. The number of thioether (sulfide) groups is 1. The first kappa shape index (κ1) is 8.85. The molecule has 0 aromatic carbocycles. The lowest BCUT2D eigenvalue weighted by atomic mass is 10.0. The van der Waals surface area contributed by atoms with Crippen LogP contribution in [0.2, 0.25) is 0 Å². The molecule has 0 aromatic rings. The topological polar surface area (TPSA) is 18.5 Å². The second-order valence-electron chi connectivity index (χ2n) is 3.24. The normalized spacial score (nSPS) is 33.5. The maximum Gasteiger partial charge on any atom is 0.126 e. The Labute approximate surface area is 78.0 Å². The third kappa shape index (κ3) is 2.15. The van der Waals surface area contributed by atoms with Crippen LogP contribution in [0.15, 0.2) is 0 Å². The van der Waals surface area contributed by atoms with Gasteiger partial charge in [-0.1, -0.05) is 0 Å². The molecular weight excluding hydrogens is 172 g/mol. The molecule has 0 amide bonds. The van der Waals surface area contributed by atoms with Crippen LogP contribution in [0.3, 0.4) is 0 Å². The fourth-order valence-electron chi connectivity index (χ4n) is 1.65. The maximum absolute atomic E-state index is 5.62. The SMILES string of the molecule is C1CC[C](C2CCSCO2)OC1. The van der Waals surface area contributed by atoms with Crippen LogP contribution in [0.1, 0.15) is 25.7 Å². The Hall–Kier alpha value is 0.270. The van der Waals surface area contributed by atoms with Gasteiger partial charge in [0.05, 0.1) is 12.0 Å². The average Bonchev–Trinajstić information content (AvgIpc) is 2.21. The van der Waals surface area contributed by atoms with E-state index in [1.54, 1.807) is 0 Å². The van der Waals surface area contributed by atoms with Crippen LogP contribution in [-0.4, -0.2) is 24.4 Å². The lowest BCUT2D eigenvalue weighted by Gasteiger charge is -2.31. The Balaban J connectivity index is 1.80. The molecule has 2 aliphatic rings. The van der Waals surface area contributed by atoms with Gasteiger partial charge in [0.1, 0.15) is 6.10 Å². The molecule has 2 saturated heterocycles. The van der Waals surface area contributed by atoms with Crippen LogP contribution < -0.4 is 0 Å². The van der Waals surface area contributed by atoms with Gasteiger partial charge in [-0.2, -0.15) is 0 Å². The fourth-order valence-corrected chi connectivity index (χ4v) is 2.41. The van der Waals surface area contributed by atoms with E-state index < -0.39 is 0 Å². The highest BCUT2D eigenvalue weighted by Gasteiger charge is 2.27. The quantitative estimate of drug-likeness (QED) is 0.627. The van der Waals surface area contributed by atoms with Crippen LogP contribution >= 0.6 is 11.8 Å². The van der Waals surface area contributed by atoms with Gasteiger partial charge in [0.2, 0.25) is 0 Å². The molecule has 0 spiro atoms. The van der Waals surface area contributed by atoms with Crippen molar-refractivity contribution in [1.29, 1.82) is 0 Å². The zero-order valence-corrected chi connectivity index (χ0v) is 8.07. The zero-order valence-electron chi connectivity index (χ0n) is 7.25. The summed E-state index contributed by atoms with van der Waals surface area (Å²) >= 11 is 1.87. The minimum atomic E-state index is 0.312. The lowest BCUT2D eigenvalue weighted by molar-refractivity contribution is -0.0171. The molecule has 0 aromatic heterocycles. The molecule has 1 radical (unpaired) electrons. The molecule has 1 atom stereocenters. The van der Waals surface area contributed by atoms with Crippen LogP contribution in [0.25, 0.3) is 0 Å². The van der Waals surface area contributed by atoms with Gasteiger partial charge in [-0.25, -0.2) is 0 Å². The highest BCUT2D eigenvalue weighted by atomic mass is 32.2. The predicted octanol–water partition coefficient (Wildman–Crippen LogP) is 2.20. The Bertz CT molecular complexity index is 112. The third-order valence-electron chi connectivity index (χ3n) is 2.34. The van der Waals surface area contributed by atoms with E-state index in [1.807, 2.05) is 11.8 Å². The van der Waals surface area contributed by atoms with Crippen molar-refractivity contribution in [3.63, 3.8) is 0 Å². The molecule has 0 aliphatic carbocycles. The minimum Gasteiger partial charge on any atom is -0.369 e. The number of ether oxygens (including phenoxy) is 2. The molecule has 2 aliphatic heterocycles. The molecule has 0 N–H and O–H groups in total. The largest absolute Gasteiger partial charge is 0.369 e. The van der Waals surface area contributed by atoms with E-state index in [1.165, 1.54) is 24.7 Å². The van der Waals surface area contributed by atoms with Crippen LogP contribution in [0.4, 0.5) is 0 Å². The van der Waals surface area contributed by atoms with E-state index in [2.05, 4.69) is 0 Å². The summed E-state index contributed by atoms with van der Waals surface area (Å²) in [6.07, 6.45) is 6.27. The monoisotopic (exact) mass is 187 g/mol. The van der Waals surface area contributed by atoms with Crippen molar-refractivity contribution in [2.75, 3.05) is 18.3 Å². The van der Waals surface area contributed by atoms with Gasteiger partial charge in [0.25, 0.3) is 0 Å². The summed E-state index contributed by atoms with van der Waals surface area (Å²) in [5.74, 6) is 2.06. The van der Waals surface area contributed by atoms with Crippen molar-refractivity contribution in [3.8, 4) is 0 Å². The summed E-state index contributed by atoms with van der Waals surface area (Å²) in [5, 5.41) is 0. The summed E-state index contributed by atoms with van der Waals surface area (Å²) in [6.45, 7) is 0.905. The molecule has 3 heteroatoms. The minimum absolute atomic E-state index is 0.312. The molecule has 2 heterocycles. The average molecular weight is 187 g/mol. The smallest absolute Gasteiger partial charge is 0.126 e. The van der Waals surface area contributed by atoms with Crippen LogP contribution in [-0.2, 0) is 9.47 Å². The van der Waals surface area contributed by atoms with Gasteiger partial charge in [0, 0.05) is 6.61 Å². The molecule has 2 nitrogen and oxygen atoms in total. The number of hydrogen-bond acceptors (Lipinski definition) is 3. The summed E-state index contributed by atoms with van der Waals surface area (Å²) < 4.78 is 11.2. The standard InChI is InChI=1S/C9H15O2S/c1-2-5-10-8(3-1)9-4-6-12-7-11-9/h9H,1-7H2. The summed E-state index contributed by atoms with van der Waals surface area (Å²) in [4.78, 5) is 0. The Morgan fingerprint density at radius 3 is 3.00 bits per heavy atom. The molecule has 0 bridgehead atoms. The second-order valence-corrected chi connectivity index (χ2v) is 4.29. The molecule has 69 valence electrons. The Kier molecular flexibility index (Phi) is 3.31. The van der Waals surface area contributed by atoms with Crippen molar-refractivity contribution >= 4 is 11.8 Å². The molecule has 12 heavy (non-hydrogen) atoms. The second kappa shape index (κ2) is 4.49. The van der Waals surface area contributed by atoms with Gasteiger partial charge in [0.15, 0.2) is 0 Å². The molecule has 1 unspecified atom stereocenters. The lowest BCUT2D eigenvalue weighted by Crippen LogP contribution is -2.30. The van der Waals surface area contributed by atoms with Crippen molar-refractivity contribution in [2.24, 2.45) is 0 Å².